The maximum absolute atomic E-state index is 13.0. The number of amides is 1. The van der Waals surface area contributed by atoms with Gasteiger partial charge in [0.1, 0.15) is 11.4 Å². The number of hydrogen-bond donors (Lipinski definition) is 1. The second kappa shape index (κ2) is 7.21. The summed E-state index contributed by atoms with van der Waals surface area (Å²) < 4.78 is 1.71. The number of rotatable bonds is 4. The van der Waals surface area contributed by atoms with E-state index in [9.17, 15) is 4.79 Å². The van der Waals surface area contributed by atoms with E-state index in [1.807, 2.05) is 86.0 Å². The number of benzene rings is 2. The molecule has 5 heteroatoms. The Hall–Kier alpha value is -3.18. The first-order valence-electron chi connectivity index (χ1n) is 8.69. The molecule has 1 N–H and O–H groups in total. The number of nitrogens with one attached hydrogen (secondary N) is 1. The third-order valence-electron chi connectivity index (χ3n) is 4.30. The zero-order valence-corrected chi connectivity index (χ0v) is 16.0. The minimum Gasteiger partial charge on any atom is -0.321 e. The molecule has 0 aliphatic rings. The molecule has 0 aliphatic carbocycles. The Bertz CT molecular complexity index is 1060. The summed E-state index contributed by atoms with van der Waals surface area (Å²) in [6.45, 7) is 4.06. The lowest BCUT2D eigenvalue weighted by atomic mass is 10.2. The third-order valence-corrected chi connectivity index (χ3v) is 5.20. The minimum absolute atomic E-state index is 0.185. The third kappa shape index (κ3) is 3.68. The molecular weight excluding hydrogens is 354 g/mol. The van der Waals surface area contributed by atoms with Crippen LogP contribution in [-0.2, 0) is 0 Å². The molecule has 4 nitrogen and oxygen atoms in total. The number of hydrogen-bond acceptors (Lipinski definition) is 3. The van der Waals surface area contributed by atoms with Gasteiger partial charge >= 0.3 is 0 Å². The summed E-state index contributed by atoms with van der Waals surface area (Å²) in [7, 11) is 0. The fourth-order valence-electron chi connectivity index (χ4n) is 2.80. The second-order valence-electron chi connectivity index (χ2n) is 6.46. The molecule has 0 aliphatic heterocycles. The van der Waals surface area contributed by atoms with Crippen LogP contribution in [0.3, 0.4) is 0 Å². The van der Waals surface area contributed by atoms with E-state index < -0.39 is 0 Å². The summed E-state index contributed by atoms with van der Waals surface area (Å²) in [5, 5.41) is 9.67. The van der Waals surface area contributed by atoms with Gasteiger partial charge in [-0.3, -0.25) is 4.79 Å². The van der Waals surface area contributed by atoms with E-state index >= 15 is 0 Å². The molecule has 1 amide bonds. The lowest BCUT2D eigenvalue weighted by molar-refractivity contribution is 0.101. The largest absolute Gasteiger partial charge is 0.321 e. The Morgan fingerprint density at radius 2 is 1.63 bits per heavy atom. The molecule has 0 saturated heterocycles. The van der Waals surface area contributed by atoms with Gasteiger partial charge in [0.15, 0.2) is 0 Å². The van der Waals surface area contributed by atoms with E-state index in [1.54, 1.807) is 16.0 Å². The van der Waals surface area contributed by atoms with Crippen molar-refractivity contribution in [1.82, 2.24) is 9.78 Å². The van der Waals surface area contributed by atoms with Crippen LogP contribution in [0.4, 0.5) is 5.69 Å². The smallest absolute Gasteiger partial charge is 0.274 e. The Kier molecular flexibility index (Phi) is 4.60. The van der Waals surface area contributed by atoms with Crippen molar-refractivity contribution >= 4 is 22.9 Å². The first kappa shape index (κ1) is 17.2. The number of anilines is 1. The molecule has 0 unspecified atom stereocenters. The summed E-state index contributed by atoms with van der Waals surface area (Å²) in [6.07, 6.45) is 0. The van der Waals surface area contributed by atoms with Gasteiger partial charge in [0.05, 0.1) is 10.6 Å². The van der Waals surface area contributed by atoms with Gasteiger partial charge < -0.3 is 5.32 Å². The number of nitrogens with zero attached hydrogens (tertiary/aromatic N) is 2. The predicted molar refractivity (Wildman–Crippen MR) is 111 cm³/mol. The van der Waals surface area contributed by atoms with Crippen molar-refractivity contribution in [3.63, 3.8) is 0 Å². The van der Waals surface area contributed by atoms with E-state index in [2.05, 4.69) is 5.32 Å². The van der Waals surface area contributed by atoms with Gasteiger partial charge in [0, 0.05) is 5.69 Å². The molecule has 0 saturated carbocycles. The van der Waals surface area contributed by atoms with Crippen molar-refractivity contribution in [2.45, 2.75) is 13.8 Å². The van der Waals surface area contributed by atoms with Gasteiger partial charge in [-0.05, 0) is 55.6 Å². The zero-order valence-electron chi connectivity index (χ0n) is 15.1. The molecule has 27 heavy (non-hydrogen) atoms. The van der Waals surface area contributed by atoms with Gasteiger partial charge in [-0.1, -0.05) is 41.5 Å². The lowest BCUT2D eigenvalue weighted by Gasteiger charge is -2.09. The number of aryl methyl sites for hydroxylation is 2. The maximum atomic E-state index is 13.0. The van der Waals surface area contributed by atoms with Crippen molar-refractivity contribution < 1.29 is 4.79 Å². The number of thiophene rings is 1. The number of carbonyl (C=O) groups is 1. The zero-order chi connectivity index (χ0) is 18.8. The van der Waals surface area contributed by atoms with E-state index in [1.165, 1.54) is 0 Å². The topological polar surface area (TPSA) is 46.9 Å². The highest BCUT2D eigenvalue weighted by atomic mass is 32.1. The van der Waals surface area contributed by atoms with Crippen molar-refractivity contribution in [2.75, 3.05) is 5.32 Å². The Labute approximate surface area is 162 Å². The summed E-state index contributed by atoms with van der Waals surface area (Å²) in [5.41, 5.74) is 5.23. The fourth-order valence-corrected chi connectivity index (χ4v) is 3.48. The van der Waals surface area contributed by atoms with Crippen molar-refractivity contribution in [3.05, 3.63) is 88.9 Å². The maximum Gasteiger partial charge on any atom is 0.274 e. The molecule has 0 atom stereocenters. The van der Waals surface area contributed by atoms with Crippen LogP contribution in [-0.4, -0.2) is 15.7 Å². The van der Waals surface area contributed by atoms with Crippen LogP contribution in [0.5, 0.6) is 0 Å². The highest BCUT2D eigenvalue weighted by Gasteiger charge is 2.18. The van der Waals surface area contributed by atoms with Gasteiger partial charge in [0.2, 0.25) is 0 Å². The summed E-state index contributed by atoms with van der Waals surface area (Å²) in [4.78, 5) is 14.0. The van der Waals surface area contributed by atoms with Crippen LogP contribution in [0.15, 0.2) is 72.1 Å². The summed E-state index contributed by atoms with van der Waals surface area (Å²) in [5.74, 6) is -0.185. The standard InChI is InChI=1S/C22H19N3OS/c1-15-5-9-17(10-6-15)23-22(26)20-14-19(21-4-3-13-27-21)24-25(20)18-11-7-16(2)8-12-18/h3-14H,1-2H3,(H,23,26). The average molecular weight is 373 g/mol. The number of carbonyl (C=O) groups excluding carboxylic acids is 1. The monoisotopic (exact) mass is 373 g/mol. The van der Waals surface area contributed by atoms with Crippen LogP contribution in [0.1, 0.15) is 21.6 Å². The molecule has 2 heterocycles. The summed E-state index contributed by atoms with van der Waals surface area (Å²) >= 11 is 1.61. The Morgan fingerprint density at radius 1 is 0.963 bits per heavy atom. The molecule has 134 valence electrons. The molecule has 2 aromatic heterocycles. The molecule has 4 aromatic rings. The first-order chi connectivity index (χ1) is 13.1. The van der Waals surface area contributed by atoms with Crippen LogP contribution >= 0.6 is 11.3 Å². The molecule has 0 radical (unpaired) electrons. The van der Waals surface area contributed by atoms with Gasteiger partial charge in [-0.25, -0.2) is 4.68 Å². The predicted octanol–water partition coefficient (Wildman–Crippen LogP) is 5.47. The van der Waals surface area contributed by atoms with E-state index in [0.717, 1.165) is 33.1 Å². The van der Waals surface area contributed by atoms with Crippen molar-refractivity contribution in [1.29, 1.82) is 0 Å². The Morgan fingerprint density at radius 3 is 2.26 bits per heavy atom. The van der Waals surface area contributed by atoms with E-state index in [-0.39, 0.29) is 5.91 Å². The van der Waals surface area contributed by atoms with Gasteiger partial charge in [-0.15, -0.1) is 11.3 Å². The van der Waals surface area contributed by atoms with Crippen LogP contribution in [0.2, 0.25) is 0 Å². The first-order valence-corrected chi connectivity index (χ1v) is 9.57. The second-order valence-corrected chi connectivity index (χ2v) is 7.41. The molecule has 4 rings (SSSR count). The molecular formula is C22H19N3OS. The highest BCUT2D eigenvalue weighted by Crippen LogP contribution is 2.26. The molecule has 2 aromatic carbocycles. The fraction of sp³-hybridized carbons (Fsp3) is 0.0909. The Balaban J connectivity index is 1.74. The van der Waals surface area contributed by atoms with E-state index in [4.69, 9.17) is 5.10 Å². The van der Waals surface area contributed by atoms with Crippen molar-refractivity contribution in [3.8, 4) is 16.3 Å². The minimum atomic E-state index is -0.185. The molecule has 0 fully saturated rings. The number of aromatic nitrogens is 2. The van der Waals surface area contributed by atoms with E-state index in [0.29, 0.717) is 5.69 Å². The van der Waals surface area contributed by atoms with Crippen molar-refractivity contribution in [2.24, 2.45) is 0 Å². The van der Waals surface area contributed by atoms with Gasteiger partial charge in [-0.2, -0.15) is 5.10 Å². The molecule has 0 bridgehead atoms. The van der Waals surface area contributed by atoms with Crippen LogP contribution < -0.4 is 5.32 Å². The van der Waals surface area contributed by atoms with Crippen LogP contribution in [0.25, 0.3) is 16.3 Å². The molecule has 0 spiro atoms. The lowest BCUT2D eigenvalue weighted by Crippen LogP contribution is -2.16. The van der Waals surface area contributed by atoms with Gasteiger partial charge in [0.25, 0.3) is 5.91 Å². The normalized spacial score (nSPS) is 10.7. The van der Waals surface area contributed by atoms with Crippen LogP contribution in [0, 0.1) is 13.8 Å². The quantitative estimate of drug-likeness (QED) is 0.515. The highest BCUT2D eigenvalue weighted by molar-refractivity contribution is 7.13. The SMILES string of the molecule is Cc1ccc(NC(=O)c2cc(-c3cccs3)nn2-c2ccc(C)cc2)cc1. The average Bonchev–Trinajstić information content (AvgIpc) is 3.33. The summed E-state index contributed by atoms with van der Waals surface area (Å²) in [6, 6.07) is 21.6.